The van der Waals surface area contributed by atoms with Gasteiger partial charge in [0.1, 0.15) is 0 Å². The minimum absolute atomic E-state index is 0.0627. The van der Waals surface area contributed by atoms with E-state index in [1.807, 2.05) is 18.7 Å². The Bertz CT molecular complexity index is 561. The van der Waals surface area contributed by atoms with Crippen molar-refractivity contribution in [3.63, 3.8) is 0 Å². The number of carbonyl (C=O) groups excluding carboxylic acids is 1. The van der Waals surface area contributed by atoms with Gasteiger partial charge in [-0.15, -0.1) is 0 Å². The van der Waals surface area contributed by atoms with Gasteiger partial charge in [-0.2, -0.15) is 0 Å². The molecule has 28 heavy (non-hydrogen) atoms. The highest BCUT2D eigenvalue weighted by Crippen LogP contribution is 2.31. The number of hydrogen-bond acceptors (Lipinski definition) is 4. The quantitative estimate of drug-likeness (QED) is 0.555. The smallest absolute Gasteiger partial charge is 0.225 e. The summed E-state index contributed by atoms with van der Waals surface area (Å²) in [5.41, 5.74) is -0.331. The van der Waals surface area contributed by atoms with Gasteiger partial charge in [0.15, 0.2) is 0 Å². The van der Waals surface area contributed by atoms with E-state index in [1.165, 1.54) is 12.8 Å². The van der Waals surface area contributed by atoms with Gasteiger partial charge in [0.05, 0.1) is 5.60 Å². The number of likely N-dealkylation sites (tertiary alicyclic amines) is 1. The van der Waals surface area contributed by atoms with Crippen LogP contribution in [0, 0.1) is 5.92 Å². The Morgan fingerprint density at radius 2 is 1.75 bits per heavy atom. The van der Waals surface area contributed by atoms with Crippen LogP contribution < -0.4 is 10.0 Å². The summed E-state index contributed by atoms with van der Waals surface area (Å²) in [6.45, 7) is 10.6. The maximum Gasteiger partial charge on any atom is 0.225 e. The maximum absolute atomic E-state index is 11.7. The van der Waals surface area contributed by atoms with Crippen molar-refractivity contribution in [2.45, 2.75) is 90.3 Å². The molecule has 1 amide bonds. The summed E-state index contributed by atoms with van der Waals surface area (Å²) >= 11 is 0. The molecule has 2 aliphatic rings. The molecule has 1 saturated heterocycles. The number of nitrogens with zero attached hydrogens (tertiary/aromatic N) is 1. The molecule has 7 heteroatoms. The first-order chi connectivity index (χ1) is 12.9. The van der Waals surface area contributed by atoms with E-state index < -0.39 is 9.71 Å². The summed E-state index contributed by atoms with van der Waals surface area (Å²) in [5, 5.41) is 13.3. The van der Waals surface area contributed by atoms with Crippen molar-refractivity contribution < 1.29 is 14.1 Å². The highest BCUT2D eigenvalue weighted by Gasteiger charge is 2.30. The van der Waals surface area contributed by atoms with Crippen molar-refractivity contribution in [3.05, 3.63) is 0 Å². The lowest BCUT2D eigenvalue weighted by Crippen LogP contribution is -2.47. The van der Waals surface area contributed by atoms with Gasteiger partial charge in [0, 0.05) is 47.1 Å². The zero-order chi connectivity index (χ0) is 21.4. The molecule has 1 aliphatic heterocycles. The molecule has 1 atom stereocenters. The molecule has 0 bridgehead atoms. The minimum Gasteiger partial charge on any atom is -0.390 e. The number of piperidine rings is 1. The zero-order valence-electron chi connectivity index (χ0n) is 18.6. The monoisotopic (exact) mass is 417 g/mol. The van der Waals surface area contributed by atoms with Crippen LogP contribution in [0.5, 0.6) is 0 Å². The fourth-order valence-corrected chi connectivity index (χ4v) is 4.75. The molecular weight excluding hydrogens is 374 g/mol. The van der Waals surface area contributed by atoms with Crippen LogP contribution in [0.2, 0.25) is 0 Å². The van der Waals surface area contributed by atoms with Crippen molar-refractivity contribution in [1.82, 2.24) is 14.9 Å². The number of hydrogen-bond donors (Lipinski definition) is 3. The molecule has 6 nitrogen and oxygen atoms in total. The first-order valence-corrected chi connectivity index (χ1v) is 12.9. The number of amides is 1. The lowest BCUT2D eigenvalue weighted by molar-refractivity contribution is -0.135. The summed E-state index contributed by atoms with van der Waals surface area (Å²) < 4.78 is 14.5. The highest BCUT2D eigenvalue weighted by molar-refractivity contribution is 7.97. The van der Waals surface area contributed by atoms with Crippen LogP contribution in [0.15, 0.2) is 0 Å². The molecule has 1 aliphatic carbocycles. The fourth-order valence-electron chi connectivity index (χ4n) is 3.81. The molecular formula is C21H43N3O3S. The van der Waals surface area contributed by atoms with E-state index in [2.05, 4.69) is 29.8 Å². The standard InChI is InChI=1S/C11H22N2O2S.C10H21NO/c1-9(2)11(14)13-7-5-10(6-8-13)12-16(3,4)15;1-9(2)11-8-7-10(12)5-3-4-6-10/h9-10H,3,5-8H2,1-2,4H3,(H,12,15);9,11-12H,3-8H2,1-2H3. The van der Waals surface area contributed by atoms with Gasteiger partial charge in [-0.25, -0.2) is 4.72 Å². The highest BCUT2D eigenvalue weighted by atomic mass is 32.2. The molecule has 0 radical (unpaired) electrons. The molecule has 166 valence electrons. The minimum atomic E-state index is -2.13. The summed E-state index contributed by atoms with van der Waals surface area (Å²) in [7, 11) is -2.13. The average Bonchev–Trinajstić information content (AvgIpc) is 3.00. The second kappa shape index (κ2) is 11.5. The van der Waals surface area contributed by atoms with Crippen LogP contribution in [0.1, 0.15) is 72.6 Å². The summed E-state index contributed by atoms with van der Waals surface area (Å²) in [5.74, 6) is 3.86. The molecule has 1 saturated carbocycles. The first kappa shape index (κ1) is 25.4. The van der Waals surface area contributed by atoms with E-state index in [-0.39, 0.29) is 23.5 Å². The van der Waals surface area contributed by atoms with Gasteiger partial charge in [-0.3, -0.25) is 9.00 Å². The zero-order valence-corrected chi connectivity index (χ0v) is 19.4. The molecule has 1 heterocycles. The van der Waals surface area contributed by atoms with Crippen LogP contribution >= 0.6 is 0 Å². The molecule has 0 aromatic heterocycles. The first-order valence-electron chi connectivity index (χ1n) is 10.8. The predicted molar refractivity (Wildman–Crippen MR) is 120 cm³/mol. The SMILES string of the molecule is C=S(C)(=O)NC1CCN(C(=O)C(C)C)CC1.CC(C)NCCC1(O)CCCC1. The van der Waals surface area contributed by atoms with E-state index >= 15 is 0 Å². The van der Waals surface area contributed by atoms with Crippen molar-refractivity contribution in [1.29, 1.82) is 0 Å². The molecule has 3 N–H and O–H groups in total. The molecule has 0 spiro atoms. The van der Waals surface area contributed by atoms with Crippen LogP contribution in [0.25, 0.3) is 0 Å². The third-order valence-corrected chi connectivity index (χ3v) is 6.23. The van der Waals surface area contributed by atoms with Gasteiger partial charge in [-0.05, 0) is 44.5 Å². The summed E-state index contributed by atoms with van der Waals surface area (Å²) in [6, 6.07) is 0.765. The largest absolute Gasteiger partial charge is 0.390 e. The van der Waals surface area contributed by atoms with E-state index in [0.29, 0.717) is 6.04 Å². The molecule has 2 fully saturated rings. The average molecular weight is 418 g/mol. The number of carbonyl (C=O) groups is 1. The second-order valence-corrected chi connectivity index (χ2v) is 11.4. The third-order valence-electron chi connectivity index (χ3n) is 5.39. The number of rotatable bonds is 7. The fraction of sp³-hybridized carbons (Fsp3) is 0.905. The van der Waals surface area contributed by atoms with E-state index in [4.69, 9.17) is 0 Å². The lowest BCUT2D eigenvalue weighted by atomic mass is 9.98. The maximum atomic E-state index is 11.7. The van der Waals surface area contributed by atoms with Crippen LogP contribution in [0.4, 0.5) is 0 Å². The van der Waals surface area contributed by atoms with Gasteiger partial charge in [0.25, 0.3) is 0 Å². The van der Waals surface area contributed by atoms with E-state index in [0.717, 1.165) is 51.7 Å². The molecule has 1 unspecified atom stereocenters. The number of nitrogens with one attached hydrogen (secondary N) is 2. The Hall–Kier alpha value is -0.630. The van der Waals surface area contributed by atoms with Crippen molar-refractivity contribution in [2.24, 2.45) is 5.92 Å². The van der Waals surface area contributed by atoms with E-state index in [1.54, 1.807) is 6.26 Å². The summed E-state index contributed by atoms with van der Waals surface area (Å²) in [6.07, 6.45) is 8.68. The summed E-state index contributed by atoms with van der Waals surface area (Å²) in [4.78, 5) is 13.6. The van der Waals surface area contributed by atoms with Crippen LogP contribution in [-0.4, -0.2) is 69.6 Å². The van der Waals surface area contributed by atoms with Crippen LogP contribution in [0.3, 0.4) is 0 Å². The number of aliphatic hydroxyl groups is 1. The second-order valence-electron chi connectivity index (χ2n) is 9.17. The van der Waals surface area contributed by atoms with Crippen molar-refractivity contribution >= 4 is 21.5 Å². The normalized spacial score (nSPS) is 22.1. The molecule has 0 aromatic rings. The van der Waals surface area contributed by atoms with Gasteiger partial charge in [0.2, 0.25) is 5.91 Å². The lowest BCUT2D eigenvalue weighted by Gasteiger charge is -2.33. The van der Waals surface area contributed by atoms with Crippen LogP contribution in [-0.2, 0) is 14.5 Å². The Labute approximate surface area is 173 Å². The van der Waals surface area contributed by atoms with E-state index in [9.17, 15) is 14.1 Å². The van der Waals surface area contributed by atoms with Gasteiger partial charge in [-0.1, -0.05) is 40.5 Å². The third kappa shape index (κ3) is 10.2. The van der Waals surface area contributed by atoms with Gasteiger partial charge < -0.3 is 15.3 Å². The Morgan fingerprint density at radius 1 is 1.21 bits per heavy atom. The Kier molecular flexibility index (Phi) is 10.5. The molecule has 2 rings (SSSR count). The van der Waals surface area contributed by atoms with Crippen molar-refractivity contribution in [3.8, 4) is 0 Å². The predicted octanol–water partition coefficient (Wildman–Crippen LogP) is 2.16. The topological polar surface area (TPSA) is 81.7 Å². The Balaban J connectivity index is 0.000000292. The van der Waals surface area contributed by atoms with Gasteiger partial charge >= 0.3 is 0 Å². The Morgan fingerprint density at radius 3 is 2.18 bits per heavy atom. The van der Waals surface area contributed by atoms with Crippen molar-refractivity contribution in [2.75, 3.05) is 25.9 Å². The molecule has 0 aromatic carbocycles.